The van der Waals surface area contributed by atoms with Crippen LogP contribution in [-0.2, 0) is 5.75 Å². The number of anilines is 1. The predicted octanol–water partition coefficient (Wildman–Crippen LogP) is 3.01. The highest BCUT2D eigenvalue weighted by Crippen LogP contribution is 2.27. The Balaban J connectivity index is 1.87. The standard InChI is InChI=1S/C11H10N4OS2/c1-12-9-7-2-5-17-10(7)15-8(14-9)6-18-11-13-3-4-16-11/h2-5H,6H2,1H3,(H,12,14,15). The monoisotopic (exact) mass is 278 g/mol. The van der Waals surface area contributed by atoms with Gasteiger partial charge in [0.25, 0.3) is 5.22 Å². The summed E-state index contributed by atoms with van der Waals surface area (Å²) < 4.78 is 5.17. The Labute approximate surface area is 112 Å². The first-order valence-corrected chi connectivity index (χ1v) is 7.17. The molecule has 0 spiro atoms. The molecule has 0 aromatic carbocycles. The van der Waals surface area contributed by atoms with E-state index in [1.54, 1.807) is 23.8 Å². The molecule has 0 bridgehead atoms. The molecule has 3 heterocycles. The summed E-state index contributed by atoms with van der Waals surface area (Å²) in [5, 5.41) is 6.81. The minimum Gasteiger partial charge on any atom is -0.440 e. The van der Waals surface area contributed by atoms with Gasteiger partial charge in [-0.05, 0) is 11.4 Å². The van der Waals surface area contributed by atoms with Crippen molar-refractivity contribution in [2.75, 3.05) is 12.4 Å². The van der Waals surface area contributed by atoms with Crippen molar-refractivity contribution in [3.63, 3.8) is 0 Å². The average Bonchev–Trinajstić information content (AvgIpc) is 3.06. The van der Waals surface area contributed by atoms with E-state index in [4.69, 9.17) is 4.42 Å². The van der Waals surface area contributed by atoms with Crippen molar-refractivity contribution >= 4 is 39.1 Å². The van der Waals surface area contributed by atoms with E-state index in [0.717, 1.165) is 21.9 Å². The normalized spacial score (nSPS) is 10.9. The Bertz CT molecular complexity index is 650. The van der Waals surface area contributed by atoms with Crippen LogP contribution in [0, 0.1) is 0 Å². The molecule has 3 rings (SSSR count). The molecule has 0 amide bonds. The number of fused-ring (bicyclic) bond motifs is 1. The second-order valence-electron chi connectivity index (χ2n) is 3.46. The maximum Gasteiger partial charge on any atom is 0.255 e. The fourth-order valence-corrected chi connectivity index (χ4v) is 2.99. The maximum absolute atomic E-state index is 5.17. The smallest absolute Gasteiger partial charge is 0.255 e. The first-order valence-electron chi connectivity index (χ1n) is 5.31. The van der Waals surface area contributed by atoms with Gasteiger partial charge in [-0.15, -0.1) is 11.3 Å². The Hall–Kier alpha value is -1.60. The highest BCUT2D eigenvalue weighted by atomic mass is 32.2. The lowest BCUT2D eigenvalue weighted by Crippen LogP contribution is -1.99. The second kappa shape index (κ2) is 4.95. The van der Waals surface area contributed by atoms with Gasteiger partial charge < -0.3 is 9.73 Å². The van der Waals surface area contributed by atoms with Gasteiger partial charge in [-0.2, -0.15) is 0 Å². The highest BCUT2D eigenvalue weighted by Gasteiger charge is 2.09. The molecule has 0 fully saturated rings. The number of aromatic nitrogens is 3. The second-order valence-corrected chi connectivity index (χ2v) is 5.29. The Morgan fingerprint density at radius 3 is 3.17 bits per heavy atom. The van der Waals surface area contributed by atoms with E-state index in [1.165, 1.54) is 11.8 Å². The molecular weight excluding hydrogens is 268 g/mol. The van der Waals surface area contributed by atoms with Gasteiger partial charge in [0.2, 0.25) is 0 Å². The molecular formula is C11H10N4OS2. The lowest BCUT2D eigenvalue weighted by atomic mass is 10.4. The third-order valence-electron chi connectivity index (χ3n) is 2.34. The SMILES string of the molecule is CNc1nc(CSc2ncco2)nc2sccc12. The minimum absolute atomic E-state index is 0.635. The zero-order valence-corrected chi connectivity index (χ0v) is 11.2. The molecule has 0 radical (unpaired) electrons. The van der Waals surface area contributed by atoms with E-state index in [-0.39, 0.29) is 0 Å². The van der Waals surface area contributed by atoms with E-state index in [1.807, 2.05) is 18.5 Å². The lowest BCUT2D eigenvalue weighted by molar-refractivity contribution is 0.454. The minimum atomic E-state index is 0.635. The maximum atomic E-state index is 5.17. The first-order chi connectivity index (χ1) is 8.86. The van der Waals surface area contributed by atoms with Crippen molar-refractivity contribution in [1.82, 2.24) is 15.0 Å². The Morgan fingerprint density at radius 1 is 1.44 bits per heavy atom. The zero-order valence-electron chi connectivity index (χ0n) is 9.58. The molecule has 7 heteroatoms. The molecule has 0 aliphatic rings. The Kier molecular flexibility index (Phi) is 3.16. The third-order valence-corrected chi connectivity index (χ3v) is 4.00. The molecule has 0 saturated carbocycles. The molecule has 0 aliphatic heterocycles. The molecule has 3 aromatic heterocycles. The quantitative estimate of drug-likeness (QED) is 0.740. The fraction of sp³-hybridized carbons (Fsp3) is 0.182. The van der Waals surface area contributed by atoms with Crippen molar-refractivity contribution < 1.29 is 4.42 Å². The number of thioether (sulfide) groups is 1. The molecule has 92 valence electrons. The van der Waals surface area contributed by atoms with Crippen LogP contribution in [0.15, 0.2) is 33.5 Å². The van der Waals surface area contributed by atoms with Crippen molar-refractivity contribution in [2.24, 2.45) is 0 Å². The van der Waals surface area contributed by atoms with E-state index in [0.29, 0.717) is 11.0 Å². The largest absolute Gasteiger partial charge is 0.440 e. The van der Waals surface area contributed by atoms with Crippen LogP contribution in [0.1, 0.15) is 5.82 Å². The number of hydrogen-bond donors (Lipinski definition) is 1. The van der Waals surface area contributed by atoms with Gasteiger partial charge in [0.05, 0.1) is 17.3 Å². The van der Waals surface area contributed by atoms with Gasteiger partial charge in [0.1, 0.15) is 22.7 Å². The summed E-state index contributed by atoms with van der Waals surface area (Å²) in [6.45, 7) is 0. The van der Waals surface area contributed by atoms with Gasteiger partial charge in [0.15, 0.2) is 0 Å². The summed E-state index contributed by atoms with van der Waals surface area (Å²) in [5.41, 5.74) is 0. The average molecular weight is 278 g/mol. The number of oxazole rings is 1. The highest BCUT2D eigenvalue weighted by molar-refractivity contribution is 7.98. The van der Waals surface area contributed by atoms with Crippen molar-refractivity contribution in [1.29, 1.82) is 0 Å². The molecule has 0 aliphatic carbocycles. The van der Waals surface area contributed by atoms with Gasteiger partial charge in [0, 0.05) is 7.05 Å². The summed E-state index contributed by atoms with van der Waals surface area (Å²) in [7, 11) is 1.87. The molecule has 0 unspecified atom stereocenters. The summed E-state index contributed by atoms with van der Waals surface area (Å²) in [6.07, 6.45) is 3.19. The summed E-state index contributed by atoms with van der Waals surface area (Å²) >= 11 is 3.10. The van der Waals surface area contributed by atoms with Gasteiger partial charge in [-0.3, -0.25) is 0 Å². The lowest BCUT2D eigenvalue weighted by Gasteiger charge is -2.04. The Morgan fingerprint density at radius 2 is 2.39 bits per heavy atom. The van der Waals surface area contributed by atoms with E-state index in [9.17, 15) is 0 Å². The van der Waals surface area contributed by atoms with Crippen LogP contribution in [0.4, 0.5) is 5.82 Å². The molecule has 0 atom stereocenters. The molecule has 3 aromatic rings. The van der Waals surface area contributed by atoms with Crippen LogP contribution in [-0.4, -0.2) is 22.0 Å². The molecule has 5 nitrogen and oxygen atoms in total. The summed E-state index contributed by atoms with van der Waals surface area (Å²) in [5.74, 6) is 2.28. The summed E-state index contributed by atoms with van der Waals surface area (Å²) in [6, 6.07) is 2.02. The molecule has 0 saturated heterocycles. The molecule has 18 heavy (non-hydrogen) atoms. The number of thiophene rings is 1. The van der Waals surface area contributed by atoms with E-state index >= 15 is 0 Å². The topological polar surface area (TPSA) is 63.8 Å². The van der Waals surface area contributed by atoms with Gasteiger partial charge in [-0.25, -0.2) is 15.0 Å². The third kappa shape index (κ3) is 2.19. The van der Waals surface area contributed by atoms with Crippen molar-refractivity contribution in [3.05, 3.63) is 29.7 Å². The van der Waals surface area contributed by atoms with Gasteiger partial charge in [-0.1, -0.05) is 11.8 Å². The first kappa shape index (κ1) is 11.5. The summed E-state index contributed by atoms with van der Waals surface area (Å²) in [4.78, 5) is 14.1. The number of nitrogens with zero attached hydrogens (tertiary/aromatic N) is 3. The van der Waals surface area contributed by atoms with Crippen LogP contribution in [0.2, 0.25) is 0 Å². The van der Waals surface area contributed by atoms with E-state index < -0.39 is 0 Å². The van der Waals surface area contributed by atoms with Crippen LogP contribution in [0.5, 0.6) is 0 Å². The van der Waals surface area contributed by atoms with Crippen LogP contribution >= 0.6 is 23.1 Å². The van der Waals surface area contributed by atoms with E-state index in [2.05, 4.69) is 20.3 Å². The zero-order chi connectivity index (χ0) is 12.4. The van der Waals surface area contributed by atoms with Crippen LogP contribution < -0.4 is 5.32 Å². The van der Waals surface area contributed by atoms with Gasteiger partial charge >= 0.3 is 0 Å². The molecule has 1 N–H and O–H groups in total. The van der Waals surface area contributed by atoms with Crippen LogP contribution in [0.3, 0.4) is 0 Å². The number of nitrogens with one attached hydrogen (secondary N) is 1. The predicted molar refractivity (Wildman–Crippen MR) is 73.0 cm³/mol. The van der Waals surface area contributed by atoms with Crippen LogP contribution in [0.25, 0.3) is 10.2 Å². The van der Waals surface area contributed by atoms with Crippen molar-refractivity contribution in [3.8, 4) is 0 Å². The number of hydrogen-bond acceptors (Lipinski definition) is 7. The number of rotatable bonds is 4. The fourth-order valence-electron chi connectivity index (χ4n) is 1.56. The van der Waals surface area contributed by atoms with Crippen molar-refractivity contribution in [2.45, 2.75) is 11.0 Å².